The van der Waals surface area contributed by atoms with Gasteiger partial charge in [-0.3, -0.25) is 4.99 Å². The summed E-state index contributed by atoms with van der Waals surface area (Å²) in [7, 11) is 0. The highest BCUT2D eigenvalue weighted by Gasteiger charge is 2.21. The van der Waals surface area contributed by atoms with Crippen molar-refractivity contribution in [3.8, 4) is 38.6 Å². The molecule has 0 amide bonds. The van der Waals surface area contributed by atoms with E-state index in [1.165, 1.54) is 11.1 Å². The summed E-state index contributed by atoms with van der Waals surface area (Å²) in [5.74, 6) is 0.682. The zero-order valence-electron chi connectivity index (χ0n) is 28.9. The van der Waals surface area contributed by atoms with Crippen LogP contribution in [-0.2, 0) is 5.41 Å². The molecule has 0 bridgehead atoms. The number of aromatic nitrogens is 1. The third kappa shape index (κ3) is 5.68. The van der Waals surface area contributed by atoms with Crippen LogP contribution in [0.15, 0.2) is 131 Å². The summed E-state index contributed by atoms with van der Waals surface area (Å²) in [5.41, 5.74) is 11.9. The molecule has 8 rings (SSSR count). The van der Waals surface area contributed by atoms with Crippen LogP contribution in [0, 0.1) is 0 Å². The number of aromatic hydroxyl groups is 1. The minimum absolute atomic E-state index is 0.0414. The third-order valence-electron chi connectivity index (χ3n) is 9.49. The van der Waals surface area contributed by atoms with Crippen LogP contribution in [0.3, 0.4) is 0 Å². The molecule has 0 fully saturated rings. The van der Waals surface area contributed by atoms with Crippen molar-refractivity contribution in [3.05, 3.63) is 138 Å². The van der Waals surface area contributed by atoms with E-state index in [-0.39, 0.29) is 11.2 Å². The number of furan rings is 1. The maximum Gasteiger partial charge on any atom is 0.143 e. The van der Waals surface area contributed by atoms with Crippen molar-refractivity contribution in [2.24, 2.45) is 4.99 Å². The fourth-order valence-corrected chi connectivity index (χ4v) is 7.67. The van der Waals surface area contributed by atoms with Gasteiger partial charge in [-0.05, 0) is 76.1 Å². The van der Waals surface area contributed by atoms with Crippen LogP contribution in [0.5, 0.6) is 5.75 Å². The van der Waals surface area contributed by atoms with E-state index in [1.54, 1.807) is 23.6 Å². The number of phenolic OH excluding ortho intramolecular Hbond substituents is 1. The van der Waals surface area contributed by atoms with Gasteiger partial charge < -0.3 is 9.52 Å². The summed E-state index contributed by atoms with van der Waals surface area (Å²) in [6.07, 6.45) is 1.75. The molecule has 0 unspecified atom stereocenters. The first kappa shape index (κ1) is 31.7. The van der Waals surface area contributed by atoms with E-state index < -0.39 is 0 Å². The predicted molar refractivity (Wildman–Crippen MR) is 211 cm³/mol. The van der Waals surface area contributed by atoms with Gasteiger partial charge in [-0.15, -0.1) is 11.3 Å². The van der Waals surface area contributed by atoms with Gasteiger partial charge in [-0.2, -0.15) is 0 Å². The van der Waals surface area contributed by atoms with Crippen molar-refractivity contribution in [3.63, 3.8) is 0 Å². The monoisotopic (exact) mass is 670 g/mol. The molecule has 0 aliphatic rings. The van der Waals surface area contributed by atoms with Gasteiger partial charge in [0.15, 0.2) is 0 Å². The number of thiazole rings is 1. The number of nitrogens with zero attached hydrogens (tertiary/aromatic N) is 2. The van der Waals surface area contributed by atoms with E-state index in [2.05, 4.69) is 107 Å². The second kappa shape index (κ2) is 12.4. The zero-order chi connectivity index (χ0) is 34.6. The lowest BCUT2D eigenvalue weighted by atomic mass is 9.86. The fourth-order valence-electron chi connectivity index (χ4n) is 6.64. The Morgan fingerprint density at radius 1 is 0.760 bits per heavy atom. The molecule has 1 N–H and O–H groups in total. The van der Waals surface area contributed by atoms with Crippen molar-refractivity contribution < 1.29 is 9.52 Å². The summed E-state index contributed by atoms with van der Waals surface area (Å²) in [5, 5.41) is 13.7. The Morgan fingerprint density at radius 3 is 2.30 bits per heavy atom. The lowest BCUT2D eigenvalue weighted by Gasteiger charge is -2.19. The Labute approximate surface area is 296 Å². The van der Waals surface area contributed by atoms with Crippen molar-refractivity contribution in [1.82, 2.24) is 4.98 Å². The molecule has 0 saturated carbocycles. The number of fused-ring (bicyclic) bond motifs is 4. The Balaban J connectivity index is 1.24. The van der Waals surface area contributed by atoms with Gasteiger partial charge in [-0.25, -0.2) is 4.98 Å². The lowest BCUT2D eigenvalue weighted by Crippen LogP contribution is -2.11. The molecule has 2 aromatic heterocycles. The van der Waals surface area contributed by atoms with Crippen LogP contribution in [0.4, 0.5) is 5.69 Å². The molecule has 0 spiro atoms. The van der Waals surface area contributed by atoms with Gasteiger partial charge in [0.25, 0.3) is 0 Å². The van der Waals surface area contributed by atoms with Gasteiger partial charge in [0.2, 0.25) is 0 Å². The molecule has 0 atom stereocenters. The number of rotatable bonds is 6. The van der Waals surface area contributed by atoms with Crippen molar-refractivity contribution in [1.29, 1.82) is 0 Å². The first-order chi connectivity index (χ1) is 24.2. The third-order valence-corrected chi connectivity index (χ3v) is 10.5. The second-order valence-corrected chi connectivity index (χ2v) is 15.2. The van der Waals surface area contributed by atoms with Gasteiger partial charge >= 0.3 is 0 Å². The number of phenols is 1. The Bertz CT molecular complexity index is 2560. The maximum atomic E-state index is 10.6. The minimum atomic E-state index is -0.0414. The molecule has 0 radical (unpaired) electrons. The molecule has 5 heteroatoms. The molecule has 50 heavy (non-hydrogen) atoms. The topological polar surface area (TPSA) is 58.6 Å². The van der Waals surface area contributed by atoms with E-state index in [4.69, 9.17) is 14.4 Å². The van der Waals surface area contributed by atoms with E-state index in [1.807, 2.05) is 42.5 Å². The summed E-state index contributed by atoms with van der Waals surface area (Å²) in [6, 6.07) is 41.8. The van der Waals surface area contributed by atoms with Gasteiger partial charge in [0.05, 0.1) is 15.9 Å². The van der Waals surface area contributed by atoms with E-state index in [0.29, 0.717) is 11.5 Å². The highest BCUT2D eigenvalue weighted by atomic mass is 32.1. The molecule has 0 aliphatic heterocycles. The van der Waals surface area contributed by atoms with Crippen LogP contribution >= 0.6 is 11.3 Å². The summed E-state index contributed by atoms with van der Waals surface area (Å²) in [6.45, 7) is 10.9. The number of para-hydroxylation sites is 3. The Hall–Kier alpha value is -5.52. The molecular weight excluding hydrogens is 633 g/mol. The molecule has 246 valence electrons. The molecule has 4 nitrogen and oxygen atoms in total. The zero-order valence-corrected chi connectivity index (χ0v) is 29.7. The average molecular weight is 671 g/mol. The highest BCUT2D eigenvalue weighted by Crippen LogP contribution is 2.45. The van der Waals surface area contributed by atoms with E-state index in [9.17, 15) is 5.11 Å². The van der Waals surface area contributed by atoms with E-state index >= 15 is 0 Å². The summed E-state index contributed by atoms with van der Waals surface area (Å²) in [4.78, 5) is 10.1. The molecule has 0 saturated heterocycles. The maximum absolute atomic E-state index is 10.6. The van der Waals surface area contributed by atoms with Crippen LogP contribution < -0.4 is 0 Å². The Morgan fingerprint density at radius 2 is 1.50 bits per heavy atom. The molecule has 8 aromatic rings. The quantitative estimate of drug-likeness (QED) is 0.179. The highest BCUT2D eigenvalue weighted by molar-refractivity contribution is 7.21. The molecule has 0 aliphatic carbocycles. The first-order valence-corrected chi connectivity index (χ1v) is 17.9. The largest absolute Gasteiger partial charge is 0.507 e. The minimum Gasteiger partial charge on any atom is -0.507 e. The molecular formula is C45H38N2O2S. The smallest absolute Gasteiger partial charge is 0.143 e. The average Bonchev–Trinajstić information content (AvgIpc) is 3.73. The SMILES string of the molecule is CC(C)c1ccc(-c2ccc(-c3cccc4sc(-c5ccccc5N=Cc5cc(C(C)(C)C)ccc5O)nc34)c3oc4ccccc4c23)cc1. The summed E-state index contributed by atoms with van der Waals surface area (Å²) < 4.78 is 7.76. The number of hydrogen-bond acceptors (Lipinski definition) is 5. The number of benzene rings is 6. The summed E-state index contributed by atoms with van der Waals surface area (Å²) >= 11 is 1.65. The van der Waals surface area contributed by atoms with Crippen LogP contribution in [0.1, 0.15) is 57.2 Å². The number of aliphatic imine (C=N–C) groups is 1. The Kier molecular flexibility index (Phi) is 7.88. The second-order valence-electron chi connectivity index (χ2n) is 14.2. The number of hydrogen-bond donors (Lipinski definition) is 1. The normalized spacial score (nSPS) is 12.3. The predicted octanol–water partition coefficient (Wildman–Crippen LogP) is 13.1. The lowest BCUT2D eigenvalue weighted by molar-refractivity contribution is 0.473. The van der Waals surface area contributed by atoms with Gasteiger partial charge in [0, 0.05) is 39.2 Å². The molecule has 6 aromatic carbocycles. The van der Waals surface area contributed by atoms with Crippen molar-refractivity contribution in [2.45, 2.75) is 46.0 Å². The van der Waals surface area contributed by atoms with Crippen LogP contribution in [0.25, 0.3) is 65.0 Å². The van der Waals surface area contributed by atoms with Crippen molar-refractivity contribution in [2.75, 3.05) is 0 Å². The van der Waals surface area contributed by atoms with Crippen LogP contribution in [0.2, 0.25) is 0 Å². The first-order valence-electron chi connectivity index (χ1n) is 17.1. The van der Waals surface area contributed by atoms with E-state index in [0.717, 1.165) is 70.7 Å². The molecule has 2 heterocycles. The fraction of sp³-hybridized carbons (Fsp3) is 0.156. The van der Waals surface area contributed by atoms with Gasteiger partial charge in [-0.1, -0.05) is 113 Å². The van der Waals surface area contributed by atoms with Crippen LogP contribution in [-0.4, -0.2) is 16.3 Å². The van der Waals surface area contributed by atoms with Crippen molar-refractivity contribution >= 4 is 55.4 Å². The van der Waals surface area contributed by atoms with Gasteiger partial charge in [0.1, 0.15) is 21.9 Å². The standard InChI is InChI=1S/C45H38N2O2S/c1-27(2)28-17-19-29(20-18-28)32-22-23-34(43-41(32)36-12-7-9-15-39(36)49-43)33-13-10-16-40-42(33)47-44(50-40)35-11-6-8-14-37(35)46-26-30-25-31(45(3,4)5)21-24-38(30)48/h6-27,48H,1-5H3.